The lowest BCUT2D eigenvalue weighted by Crippen LogP contribution is -2.37. The van der Waals surface area contributed by atoms with Crippen LogP contribution in [0.2, 0.25) is 0 Å². The molecule has 0 unspecified atom stereocenters. The number of fused-ring (bicyclic) bond motifs is 1. The Hall–Kier alpha value is -3.07. The van der Waals surface area contributed by atoms with Gasteiger partial charge in [-0.3, -0.25) is 4.79 Å². The Morgan fingerprint density at radius 2 is 1.76 bits per heavy atom. The van der Waals surface area contributed by atoms with Crippen molar-refractivity contribution < 1.29 is 13.2 Å². The van der Waals surface area contributed by atoms with Crippen LogP contribution in [0.1, 0.15) is 23.1 Å². The van der Waals surface area contributed by atoms with Crippen LogP contribution in [0.25, 0.3) is 10.2 Å². The number of anilines is 1. The highest BCUT2D eigenvalue weighted by molar-refractivity contribution is 7.89. The van der Waals surface area contributed by atoms with Crippen molar-refractivity contribution in [1.82, 2.24) is 9.29 Å². The molecule has 1 heterocycles. The van der Waals surface area contributed by atoms with Crippen LogP contribution >= 0.6 is 11.3 Å². The largest absolute Gasteiger partial charge is 0.325 e. The third kappa shape index (κ3) is 5.47. The number of nitrogens with one attached hydrogen (secondary N) is 1. The SMILES string of the molecule is CCc1cccc(NC(=O)CN(Cc2ccccc2)S(=O)(=O)c2ccc3nc(C)sc3c2)c1. The number of aryl methyl sites for hydroxylation is 2. The van der Waals surface area contributed by atoms with Crippen molar-refractivity contribution in [1.29, 1.82) is 0 Å². The van der Waals surface area contributed by atoms with Crippen LogP contribution in [-0.2, 0) is 27.8 Å². The van der Waals surface area contributed by atoms with Gasteiger partial charge in [-0.25, -0.2) is 13.4 Å². The normalized spacial score (nSPS) is 11.7. The van der Waals surface area contributed by atoms with Gasteiger partial charge < -0.3 is 5.32 Å². The van der Waals surface area contributed by atoms with E-state index in [-0.39, 0.29) is 18.0 Å². The molecule has 170 valence electrons. The quantitative estimate of drug-likeness (QED) is 0.386. The monoisotopic (exact) mass is 479 g/mol. The van der Waals surface area contributed by atoms with Crippen molar-refractivity contribution in [2.45, 2.75) is 31.7 Å². The maximum atomic E-state index is 13.6. The Morgan fingerprint density at radius 1 is 1.00 bits per heavy atom. The minimum Gasteiger partial charge on any atom is -0.325 e. The van der Waals surface area contributed by atoms with E-state index < -0.39 is 15.9 Å². The second kappa shape index (κ2) is 9.82. The smallest absolute Gasteiger partial charge is 0.243 e. The number of aromatic nitrogens is 1. The van der Waals surface area contributed by atoms with Crippen LogP contribution in [0, 0.1) is 6.92 Å². The van der Waals surface area contributed by atoms with Crippen molar-refractivity contribution in [2.75, 3.05) is 11.9 Å². The van der Waals surface area contributed by atoms with E-state index in [4.69, 9.17) is 0 Å². The molecule has 6 nitrogen and oxygen atoms in total. The van der Waals surface area contributed by atoms with E-state index in [2.05, 4.69) is 10.3 Å². The Morgan fingerprint density at radius 3 is 2.52 bits per heavy atom. The molecule has 1 N–H and O–H groups in total. The summed E-state index contributed by atoms with van der Waals surface area (Å²) in [5, 5.41) is 3.71. The highest BCUT2D eigenvalue weighted by Gasteiger charge is 2.27. The molecule has 8 heteroatoms. The topological polar surface area (TPSA) is 79.4 Å². The zero-order chi connectivity index (χ0) is 23.4. The minimum absolute atomic E-state index is 0.0886. The van der Waals surface area contributed by atoms with Gasteiger partial charge in [-0.15, -0.1) is 11.3 Å². The number of carbonyl (C=O) groups excluding carboxylic acids is 1. The number of sulfonamides is 1. The van der Waals surface area contributed by atoms with Crippen LogP contribution in [0.3, 0.4) is 0 Å². The molecule has 0 bridgehead atoms. The lowest BCUT2D eigenvalue weighted by atomic mass is 10.1. The molecule has 33 heavy (non-hydrogen) atoms. The number of carbonyl (C=O) groups is 1. The number of thiazole rings is 1. The van der Waals surface area contributed by atoms with E-state index in [1.165, 1.54) is 15.6 Å². The lowest BCUT2D eigenvalue weighted by molar-refractivity contribution is -0.116. The molecule has 3 aromatic carbocycles. The Balaban J connectivity index is 1.63. The third-order valence-corrected chi connectivity index (χ3v) is 7.97. The van der Waals surface area contributed by atoms with Gasteiger partial charge in [-0.2, -0.15) is 4.31 Å². The van der Waals surface area contributed by atoms with Gasteiger partial charge in [0, 0.05) is 12.2 Å². The molecule has 0 atom stereocenters. The molecule has 0 aliphatic rings. The second-order valence-corrected chi connectivity index (χ2v) is 10.9. The van der Waals surface area contributed by atoms with Gasteiger partial charge in [-0.05, 0) is 54.8 Å². The lowest BCUT2D eigenvalue weighted by Gasteiger charge is -2.22. The highest BCUT2D eigenvalue weighted by Crippen LogP contribution is 2.27. The summed E-state index contributed by atoms with van der Waals surface area (Å²) in [5.74, 6) is -0.391. The van der Waals surface area contributed by atoms with Gasteiger partial charge in [0.2, 0.25) is 15.9 Å². The molecule has 4 aromatic rings. The van der Waals surface area contributed by atoms with Gasteiger partial charge >= 0.3 is 0 Å². The maximum Gasteiger partial charge on any atom is 0.243 e. The molecule has 4 rings (SSSR count). The number of nitrogens with zero attached hydrogens (tertiary/aromatic N) is 2. The number of amides is 1. The Labute approximate surface area is 198 Å². The van der Waals surface area contributed by atoms with E-state index in [0.29, 0.717) is 5.69 Å². The Kier molecular flexibility index (Phi) is 6.88. The van der Waals surface area contributed by atoms with Gasteiger partial charge in [-0.1, -0.05) is 49.4 Å². The third-order valence-electron chi connectivity index (χ3n) is 5.25. The number of hydrogen-bond acceptors (Lipinski definition) is 5. The number of benzene rings is 3. The van der Waals surface area contributed by atoms with E-state index >= 15 is 0 Å². The summed E-state index contributed by atoms with van der Waals surface area (Å²) in [6.07, 6.45) is 0.845. The molecule has 1 aromatic heterocycles. The second-order valence-electron chi connectivity index (χ2n) is 7.72. The summed E-state index contributed by atoms with van der Waals surface area (Å²) in [6, 6.07) is 21.7. The first kappa shape index (κ1) is 23.1. The molecule has 0 saturated heterocycles. The zero-order valence-corrected chi connectivity index (χ0v) is 20.1. The summed E-state index contributed by atoms with van der Waals surface area (Å²) in [7, 11) is -3.93. The van der Waals surface area contributed by atoms with E-state index in [1.54, 1.807) is 24.3 Å². The first-order valence-corrected chi connectivity index (χ1v) is 12.9. The average Bonchev–Trinajstić information content (AvgIpc) is 3.18. The molecule has 0 fully saturated rings. The summed E-state index contributed by atoms with van der Waals surface area (Å²) < 4.78 is 29.2. The molecular formula is C25H25N3O3S2. The molecule has 0 aliphatic heterocycles. The molecule has 0 aliphatic carbocycles. The molecular weight excluding hydrogens is 454 g/mol. The van der Waals surface area contributed by atoms with Crippen molar-refractivity contribution in [3.05, 3.63) is 88.9 Å². The zero-order valence-electron chi connectivity index (χ0n) is 18.5. The summed E-state index contributed by atoms with van der Waals surface area (Å²) in [4.78, 5) is 17.4. The number of rotatable bonds is 8. The van der Waals surface area contributed by atoms with Gasteiger partial charge in [0.05, 0.1) is 26.7 Å². The van der Waals surface area contributed by atoms with Gasteiger partial charge in [0.1, 0.15) is 0 Å². The fourth-order valence-electron chi connectivity index (χ4n) is 3.57. The van der Waals surface area contributed by atoms with Crippen LogP contribution in [0.5, 0.6) is 0 Å². The Bertz CT molecular complexity index is 1380. The molecule has 0 radical (unpaired) electrons. The van der Waals surface area contributed by atoms with Crippen molar-refractivity contribution >= 4 is 43.2 Å². The summed E-state index contributed by atoms with van der Waals surface area (Å²) in [6.45, 7) is 3.72. The summed E-state index contributed by atoms with van der Waals surface area (Å²) >= 11 is 1.44. The minimum atomic E-state index is -3.93. The standard InChI is InChI=1S/C25H25N3O3S2/c1-3-19-10-7-11-21(14-19)27-25(29)17-28(16-20-8-5-4-6-9-20)33(30,31)22-12-13-23-24(15-22)32-18(2)26-23/h4-15H,3,16-17H2,1-2H3,(H,27,29). The van der Waals surface area contributed by atoms with Crippen LogP contribution in [0.15, 0.2) is 77.7 Å². The van der Waals surface area contributed by atoms with E-state index in [0.717, 1.165) is 32.8 Å². The van der Waals surface area contributed by atoms with Crippen LogP contribution < -0.4 is 5.32 Å². The fourth-order valence-corrected chi connectivity index (χ4v) is 5.92. The van der Waals surface area contributed by atoms with Gasteiger partial charge in [0.15, 0.2) is 0 Å². The predicted octanol–water partition coefficient (Wildman–Crippen LogP) is 5.00. The first-order chi connectivity index (χ1) is 15.8. The maximum absolute atomic E-state index is 13.6. The van der Waals surface area contributed by atoms with Crippen molar-refractivity contribution in [2.24, 2.45) is 0 Å². The van der Waals surface area contributed by atoms with Crippen molar-refractivity contribution in [3.8, 4) is 0 Å². The molecule has 1 amide bonds. The van der Waals surface area contributed by atoms with E-state index in [9.17, 15) is 13.2 Å². The fraction of sp³-hybridized carbons (Fsp3) is 0.200. The number of hydrogen-bond donors (Lipinski definition) is 1. The van der Waals surface area contributed by atoms with Crippen molar-refractivity contribution in [3.63, 3.8) is 0 Å². The summed E-state index contributed by atoms with van der Waals surface area (Å²) in [5.41, 5.74) is 3.31. The molecule has 0 spiro atoms. The van der Waals surface area contributed by atoms with Crippen LogP contribution in [0.4, 0.5) is 5.69 Å². The highest BCUT2D eigenvalue weighted by atomic mass is 32.2. The van der Waals surface area contributed by atoms with Crippen LogP contribution in [-0.4, -0.2) is 30.2 Å². The first-order valence-electron chi connectivity index (χ1n) is 10.6. The average molecular weight is 480 g/mol. The molecule has 0 saturated carbocycles. The predicted molar refractivity (Wildman–Crippen MR) is 133 cm³/mol. The van der Waals surface area contributed by atoms with Gasteiger partial charge in [0.25, 0.3) is 0 Å². The van der Waals surface area contributed by atoms with E-state index in [1.807, 2.05) is 62.4 Å².